The van der Waals surface area contributed by atoms with Crippen molar-refractivity contribution >= 4 is 23.6 Å². The van der Waals surface area contributed by atoms with Gasteiger partial charge in [0.15, 0.2) is 0 Å². The highest BCUT2D eigenvalue weighted by Crippen LogP contribution is 2.12. The second-order valence-corrected chi connectivity index (χ2v) is 5.42. The number of hydrogen-bond donors (Lipinski definition) is 3. The Morgan fingerprint density at radius 3 is 2.54 bits per heavy atom. The molecule has 1 rings (SSSR count). The zero-order valence-electron chi connectivity index (χ0n) is 14.4. The van der Waals surface area contributed by atoms with Crippen LogP contribution < -0.4 is 16.0 Å². The zero-order chi connectivity index (χ0) is 18.1. The highest BCUT2D eigenvalue weighted by atomic mass is 16.5. The zero-order valence-corrected chi connectivity index (χ0v) is 14.4. The van der Waals surface area contributed by atoms with Crippen molar-refractivity contribution in [3.8, 4) is 0 Å². The van der Waals surface area contributed by atoms with E-state index in [0.717, 1.165) is 4.90 Å². The molecule has 2 unspecified atom stereocenters. The number of carbonyl (C=O) groups is 4. The van der Waals surface area contributed by atoms with Crippen molar-refractivity contribution in [1.29, 1.82) is 0 Å². The first-order chi connectivity index (χ1) is 11.4. The van der Waals surface area contributed by atoms with E-state index in [0.29, 0.717) is 6.61 Å². The van der Waals surface area contributed by atoms with E-state index >= 15 is 0 Å². The van der Waals surface area contributed by atoms with Crippen molar-refractivity contribution in [2.45, 2.75) is 38.8 Å². The lowest BCUT2D eigenvalue weighted by molar-refractivity contribution is -0.139. The monoisotopic (exact) mass is 342 g/mol. The van der Waals surface area contributed by atoms with Gasteiger partial charge >= 0.3 is 0 Å². The van der Waals surface area contributed by atoms with Crippen molar-refractivity contribution in [3.05, 3.63) is 0 Å². The maximum Gasteiger partial charge on any atom is 0.248 e. The van der Waals surface area contributed by atoms with Crippen LogP contribution in [0.15, 0.2) is 0 Å². The molecule has 1 heterocycles. The quantitative estimate of drug-likeness (QED) is 0.325. The Labute approximate surface area is 141 Å². The van der Waals surface area contributed by atoms with E-state index in [1.807, 2.05) is 0 Å². The van der Waals surface area contributed by atoms with Gasteiger partial charge < -0.3 is 20.7 Å². The number of hydrogen-bond acceptors (Lipinski definition) is 6. The number of amides is 4. The predicted molar refractivity (Wildman–Crippen MR) is 85.9 cm³/mol. The molecule has 3 N–H and O–H groups in total. The Hall–Kier alpha value is -2.00. The van der Waals surface area contributed by atoms with Gasteiger partial charge in [0, 0.05) is 32.7 Å². The molecule has 2 atom stereocenters. The normalized spacial score (nSPS) is 18.6. The minimum Gasteiger partial charge on any atom is -0.369 e. The number of nitrogens with one attached hydrogen (secondary N) is 3. The van der Waals surface area contributed by atoms with Crippen LogP contribution in [0.3, 0.4) is 0 Å². The van der Waals surface area contributed by atoms with Gasteiger partial charge in [-0.15, -0.1) is 0 Å². The maximum atomic E-state index is 11.9. The second-order valence-electron chi connectivity index (χ2n) is 5.42. The molecule has 0 aromatic carbocycles. The number of likely N-dealkylation sites (N-methyl/N-ethyl adjacent to an activating group) is 1. The van der Waals surface area contributed by atoms with Crippen LogP contribution in [0.4, 0.5) is 0 Å². The molecule has 136 valence electrons. The maximum absolute atomic E-state index is 11.9. The molecular formula is C15H26N4O5. The topological polar surface area (TPSA) is 117 Å². The van der Waals surface area contributed by atoms with Gasteiger partial charge in [0.2, 0.25) is 23.6 Å². The molecule has 1 saturated heterocycles. The lowest BCUT2D eigenvalue weighted by Crippen LogP contribution is -2.41. The van der Waals surface area contributed by atoms with Crippen LogP contribution in [-0.2, 0) is 23.9 Å². The van der Waals surface area contributed by atoms with Gasteiger partial charge in [-0.25, -0.2) is 0 Å². The number of ether oxygens (including phenoxy) is 1. The number of nitrogens with zero attached hydrogens (tertiary/aromatic N) is 1. The van der Waals surface area contributed by atoms with E-state index < -0.39 is 12.1 Å². The Bertz CT molecular complexity index is 482. The Balaban J connectivity index is 2.20. The molecule has 9 nitrogen and oxygen atoms in total. The third-order valence-corrected chi connectivity index (χ3v) is 3.69. The van der Waals surface area contributed by atoms with Gasteiger partial charge in [-0.1, -0.05) is 0 Å². The Morgan fingerprint density at radius 2 is 1.96 bits per heavy atom. The van der Waals surface area contributed by atoms with E-state index in [9.17, 15) is 19.2 Å². The number of rotatable bonds is 10. The minimum atomic E-state index is -0.530. The van der Waals surface area contributed by atoms with Crippen molar-refractivity contribution in [2.75, 3.05) is 33.3 Å². The van der Waals surface area contributed by atoms with E-state index in [2.05, 4.69) is 16.0 Å². The average Bonchev–Trinajstić information content (AvgIpc) is 2.83. The van der Waals surface area contributed by atoms with Gasteiger partial charge in [0.1, 0.15) is 6.10 Å². The van der Waals surface area contributed by atoms with Crippen LogP contribution in [0, 0.1) is 0 Å². The number of carbonyl (C=O) groups excluding carboxylic acids is 4. The summed E-state index contributed by atoms with van der Waals surface area (Å²) in [7, 11) is 1.62. The Morgan fingerprint density at radius 1 is 1.29 bits per heavy atom. The number of imide groups is 1. The highest BCUT2D eigenvalue weighted by Gasteiger charge is 2.37. The largest absolute Gasteiger partial charge is 0.369 e. The summed E-state index contributed by atoms with van der Waals surface area (Å²) in [5.41, 5.74) is 0. The summed E-state index contributed by atoms with van der Waals surface area (Å²) in [5.74, 6) is -1.09. The molecular weight excluding hydrogens is 316 g/mol. The molecule has 1 aliphatic rings. The molecule has 0 aromatic heterocycles. The first-order valence-electron chi connectivity index (χ1n) is 8.08. The minimum absolute atomic E-state index is 0.0389. The summed E-state index contributed by atoms with van der Waals surface area (Å²) >= 11 is 0. The molecule has 1 aliphatic heterocycles. The van der Waals surface area contributed by atoms with E-state index in [-0.39, 0.29) is 56.1 Å². The number of likely N-dealkylation sites (tertiary alicyclic amines) is 1. The summed E-state index contributed by atoms with van der Waals surface area (Å²) in [4.78, 5) is 48.0. The molecule has 9 heteroatoms. The van der Waals surface area contributed by atoms with Crippen LogP contribution in [0.2, 0.25) is 0 Å². The third kappa shape index (κ3) is 5.89. The van der Waals surface area contributed by atoms with Gasteiger partial charge in [-0.2, -0.15) is 0 Å². The smallest absolute Gasteiger partial charge is 0.248 e. The lowest BCUT2D eigenvalue weighted by Gasteiger charge is -2.15. The molecule has 4 amide bonds. The summed E-state index contributed by atoms with van der Waals surface area (Å²) < 4.78 is 5.14. The molecule has 0 aromatic rings. The standard InChI is InChI=1S/C15H26N4O5/c1-4-24-10(2)14(22)18-7-6-17-12(20)5-8-19-13(21)9-11(16-3)15(19)23/h10-11,16H,4-9H2,1-3H3,(H,17,20)(H,18,22). The first-order valence-corrected chi connectivity index (χ1v) is 8.08. The SMILES string of the molecule is CCOC(C)C(=O)NCCNC(=O)CCN1C(=O)CC(NC)C1=O. The summed E-state index contributed by atoms with van der Waals surface area (Å²) in [6.07, 6.45) is -0.365. The molecule has 0 aliphatic carbocycles. The van der Waals surface area contributed by atoms with Crippen LogP contribution in [0.5, 0.6) is 0 Å². The molecule has 0 radical (unpaired) electrons. The van der Waals surface area contributed by atoms with Gasteiger partial charge in [-0.05, 0) is 20.9 Å². The van der Waals surface area contributed by atoms with Crippen LogP contribution in [0.1, 0.15) is 26.7 Å². The van der Waals surface area contributed by atoms with Crippen LogP contribution in [0.25, 0.3) is 0 Å². The lowest BCUT2D eigenvalue weighted by atomic mass is 10.2. The highest BCUT2D eigenvalue weighted by molar-refractivity contribution is 6.05. The summed E-state index contributed by atoms with van der Waals surface area (Å²) in [6.45, 7) is 4.53. The van der Waals surface area contributed by atoms with Gasteiger partial charge in [0.25, 0.3) is 0 Å². The van der Waals surface area contributed by atoms with Crippen LogP contribution >= 0.6 is 0 Å². The molecule has 0 saturated carbocycles. The van der Waals surface area contributed by atoms with E-state index in [1.54, 1.807) is 20.9 Å². The average molecular weight is 342 g/mol. The van der Waals surface area contributed by atoms with Crippen molar-refractivity contribution < 1.29 is 23.9 Å². The van der Waals surface area contributed by atoms with Crippen molar-refractivity contribution in [2.24, 2.45) is 0 Å². The predicted octanol–water partition coefficient (Wildman–Crippen LogP) is -1.62. The fraction of sp³-hybridized carbons (Fsp3) is 0.733. The molecule has 1 fully saturated rings. The fourth-order valence-corrected chi connectivity index (χ4v) is 2.30. The van der Waals surface area contributed by atoms with Crippen molar-refractivity contribution in [3.63, 3.8) is 0 Å². The molecule has 0 bridgehead atoms. The molecule has 0 spiro atoms. The Kier molecular flexibility index (Phi) is 8.34. The first kappa shape index (κ1) is 20.0. The van der Waals surface area contributed by atoms with Crippen molar-refractivity contribution in [1.82, 2.24) is 20.9 Å². The summed E-state index contributed by atoms with van der Waals surface area (Å²) in [5, 5.41) is 8.04. The summed E-state index contributed by atoms with van der Waals surface area (Å²) in [6, 6.07) is -0.497. The van der Waals surface area contributed by atoms with Gasteiger partial charge in [0.05, 0.1) is 12.5 Å². The van der Waals surface area contributed by atoms with Gasteiger partial charge in [-0.3, -0.25) is 24.1 Å². The second kappa shape index (κ2) is 9.99. The molecule has 24 heavy (non-hydrogen) atoms. The van der Waals surface area contributed by atoms with Crippen LogP contribution in [-0.4, -0.2) is 74.0 Å². The van der Waals surface area contributed by atoms with E-state index in [4.69, 9.17) is 4.74 Å². The fourth-order valence-electron chi connectivity index (χ4n) is 2.30. The third-order valence-electron chi connectivity index (χ3n) is 3.69. The van der Waals surface area contributed by atoms with E-state index in [1.165, 1.54) is 0 Å².